The molecule has 5 rings (SSSR count). The Morgan fingerprint density at radius 2 is 1.07 bits per heavy atom. The molecule has 0 saturated carbocycles. The number of rotatable bonds is 2. The van der Waals surface area contributed by atoms with Gasteiger partial charge in [0.15, 0.2) is 0 Å². The average molecular weight is 677 g/mol. The van der Waals surface area contributed by atoms with Gasteiger partial charge in [-0.15, -0.1) is 87.0 Å². The van der Waals surface area contributed by atoms with Crippen molar-refractivity contribution >= 4 is 27.0 Å². The second-order valence-electron chi connectivity index (χ2n) is 12.9. The molecule has 0 amide bonds. The first-order chi connectivity index (χ1) is 19.1. The number of fused-ring (bicyclic) bond motifs is 2. The van der Waals surface area contributed by atoms with E-state index in [0.29, 0.717) is 0 Å². The Kier molecular flexibility index (Phi) is 15.8. The quantitative estimate of drug-likeness (QED) is 0.141. The Balaban J connectivity index is 0.000000296. The van der Waals surface area contributed by atoms with Crippen LogP contribution in [0.1, 0.15) is 77.6 Å². The van der Waals surface area contributed by atoms with Crippen LogP contribution in [0.15, 0.2) is 91.0 Å². The van der Waals surface area contributed by atoms with Crippen molar-refractivity contribution in [2.45, 2.75) is 92.2 Å². The van der Waals surface area contributed by atoms with E-state index >= 15 is 0 Å². The normalized spacial score (nSPS) is 10.9. The molecule has 0 aliphatic heterocycles. The summed E-state index contributed by atoms with van der Waals surface area (Å²) in [5, 5.41) is 17.2. The molecule has 0 aliphatic carbocycles. The zero-order valence-electron chi connectivity index (χ0n) is 27.4. The van der Waals surface area contributed by atoms with E-state index < -0.39 is 0 Å². The van der Waals surface area contributed by atoms with E-state index in [1.807, 2.05) is 6.07 Å². The fraction of sp³-hybridized carbons (Fsp3) is 0.368. The molecule has 224 valence electrons. The minimum atomic E-state index is -0.0711. The van der Waals surface area contributed by atoms with Gasteiger partial charge < -0.3 is 17.5 Å². The standard InChI is InChI=1S/C14H22O.2C11H11.C2H6Si.ClH.Zr/c1-13(2,3)10-7-8-12(15)11(9-10)14(4,5)6;2*1-2-9-7-10-5-3-4-6-11(10)8-9;1-3-2;;/h7-9,15H,1-6H3;2*3-8H,2H2,1H3;1-2H3;1H;/q;2*-1;;;+2/p-2. The third kappa shape index (κ3) is 12.4. The molecule has 0 N–H and O–H groups in total. The molecule has 0 bridgehead atoms. The van der Waals surface area contributed by atoms with Crippen molar-refractivity contribution in [3.63, 3.8) is 0 Å². The van der Waals surface area contributed by atoms with E-state index in [0.717, 1.165) is 18.4 Å². The topological polar surface area (TPSA) is 23.1 Å². The summed E-state index contributed by atoms with van der Waals surface area (Å²) in [5.74, 6) is 0.149. The Labute approximate surface area is 277 Å². The van der Waals surface area contributed by atoms with Gasteiger partial charge in [0, 0.05) is 0 Å². The minimum absolute atomic E-state index is 0. The minimum Gasteiger partial charge on any atom is -1.00 e. The van der Waals surface area contributed by atoms with Crippen molar-refractivity contribution in [3.05, 3.63) is 113 Å². The summed E-state index contributed by atoms with van der Waals surface area (Å²) < 4.78 is 0. The molecule has 0 radical (unpaired) electrons. The van der Waals surface area contributed by atoms with Crippen molar-refractivity contribution < 1.29 is 40.8 Å². The van der Waals surface area contributed by atoms with E-state index in [9.17, 15) is 5.11 Å². The number of halogens is 1. The first-order valence-electron chi connectivity index (χ1n) is 14.8. The smallest absolute Gasteiger partial charge is 1.00 e. The van der Waals surface area contributed by atoms with Gasteiger partial charge in [-0.25, -0.2) is 0 Å². The molecule has 0 saturated heterocycles. The van der Waals surface area contributed by atoms with Crippen LogP contribution in [0.4, 0.5) is 0 Å². The molecule has 4 heteroatoms. The molecule has 0 aromatic heterocycles. The zero-order chi connectivity index (χ0) is 30.8. The van der Waals surface area contributed by atoms with Gasteiger partial charge in [-0.05, 0) is 29.2 Å². The van der Waals surface area contributed by atoms with Crippen LogP contribution in [0.2, 0.25) is 13.1 Å². The van der Waals surface area contributed by atoms with Crippen LogP contribution in [-0.4, -0.2) is 5.43 Å². The zero-order valence-corrected chi connectivity index (χ0v) is 31.6. The van der Waals surface area contributed by atoms with Gasteiger partial charge in [0.05, 0.1) is 0 Å². The average Bonchev–Trinajstić information content (AvgIpc) is 3.52. The van der Waals surface area contributed by atoms with Crippen molar-refractivity contribution in [2.75, 3.05) is 0 Å². The molecule has 0 aliphatic rings. The Morgan fingerprint density at radius 1 is 0.667 bits per heavy atom. The summed E-state index contributed by atoms with van der Waals surface area (Å²) in [6.07, 6.45) is 2.27. The third-order valence-electron chi connectivity index (χ3n) is 6.83. The van der Waals surface area contributed by atoms with Gasteiger partial charge in [-0.1, -0.05) is 91.3 Å². The van der Waals surface area contributed by atoms with Gasteiger partial charge in [-0.3, -0.25) is 0 Å². The van der Waals surface area contributed by atoms with E-state index in [4.69, 9.17) is 0 Å². The predicted molar refractivity (Wildman–Crippen MR) is 179 cm³/mol. The van der Waals surface area contributed by atoms with Crippen LogP contribution < -0.4 is 17.5 Å². The maximum atomic E-state index is 11.7. The summed E-state index contributed by atoms with van der Waals surface area (Å²) in [4.78, 5) is 0. The fourth-order valence-corrected chi connectivity index (χ4v) is 4.42. The second-order valence-corrected chi connectivity index (χ2v) is 22.3. The number of benzene rings is 3. The molecular formula is C38H49ClOSiZr-2. The first-order valence-corrected chi connectivity index (χ1v) is 21.0. The summed E-state index contributed by atoms with van der Waals surface area (Å²) in [6, 6.07) is 31.7. The van der Waals surface area contributed by atoms with Crippen molar-refractivity contribution in [3.8, 4) is 5.75 Å². The molecular weight excluding hydrogens is 627 g/mol. The molecule has 0 fully saturated rings. The monoisotopic (exact) mass is 674 g/mol. The predicted octanol–water partition coefficient (Wildman–Crippen LogP) is 7.39. The van der Waals surface area contributed by atoms with Gasteiger partial charge in [-0.2, -0.15) is 12.1 Å². The maximum Gasteiger partial charge on any atom is -1.00 e. The number of hydrogen-bond donors (Lipinski definition) is 0. The maximum absolute atomic E-state index is 11.7. The third-order valence-corrected chi connectivity index (χ3v) is 6.83. The van der Waals surface area contributed by atoms with Crippen molar-refractivity contribution in [1.29, 1.82) is 0 Å². The van der Waals surface area contributed by atoms with E-state index in [-0.39, 0.29) is 34.4 Å². The summed E-state index contributed by atoms with van der Waals surface area (Å²) in [5.41, 5.74) is 5.26. The van der Waals surface area contributed by atoms with Crippen LogP contribution in [-0.2, 0) is 47.0 Å². The van der Waals surface area contributed by atoms with Gasteiger partial charge >= 0.3 is 41.9 Å². The molecule has 0 unspecified atom stereocenters. The van der Waals surface area contributed by atoms with Crippen molar-refractivity contribution in [2.24, 2.45) is 0 Å². The molecule has 5 aromatic carbocycles. The largest absolute Gasteiger partial charge is 1.00 e. The van der Waals surface area contributed by atoms with Gasteiger partial charge in [0.2, 0.25) is 0 Å². The van der Waals surface area contributed by atoms with E-state index in [1.165, 1.54) is 38.2 Å². The molecule has 0 spiro atoms. The SMILES string of the molecule is CC(C)(C)c1ccc([O-])c(C(C)(C)C)c1.CCc1cc2ccccc2[cH-]1.CCc1cc2ccccc2[cH-]1.C[Si](C)=[Zr+2].[Cl-]. The number of hydrogen-bond acceptors (Lipinski definition) is 1. The van der Waals surface area contributed by atoms with Crippen LogP contribution in [0, 0.1) is 0 Å². The molecule has 5 aromatic rings. The second kappa shape index (κ2) is 17.4. The summed E-state index contributed by atoms with van der Waals surface area (Å²) in [7, 11) is 0. The van der Waals surface area contributed by atoms with E-state index in [1.54, 1.807) is 29.4 Å². The van der Waals surface area contributed by atoms with Gasteiger partial charge in [0.25, 0.3) is 0 Å². The Morgan fingerprint density at radius 3 is 1.40 bits per heavy atom. The Hall–Kier alpha value is -1.93. The van der Waals surface area contributed by atoms with Crippen LogP contribution in [0.3, 0.4) is 0 Å². The van der Waals surface area contributed by atoms with Crippen molar-refractivity contribution in [1.82, 2.24) is 0 Å². The molecule has 1 nitrogen and oxygen atoms in total. The summed E-state index contributed by atoms with van der Waals surface area (Å²) in [6.45, 7) is 21.7. The van der Waals surface area contributed by atoms with Crippen LogP contribution in [0.25, 0.3) is 21.5 Å². The van der Waals surface area contributed by atoms with Crippen LogP contribution in [0.5, 0.6) is 5.75 Å². The van der Waals surface area contributed by atoms with Crippen LogP contribution >= 0.6 is 0 Å². The molecule has 0 atom stereocenters. The summed E-state index contributed by atoms with van der Waals surface area (Å²) >= 11 is 1.74. The molecule has 42 heavy (non-hydrogen) atoms. The first kappa shape index (κ1) is 38.1. The molecule has 0 heterocycles. The van der Waals surface area contributed by atoms with E-state index in [2.05, 4.69) is 147 Å². The number of aryl methyl sites for hydroxylation is 2. The Bertz CT molecular complexity index is 1380. The fourth-order valence-electron chi connectivity index (χ4n) is 4.42. The van der Waals surface area contributed by atoms with Gasteiger partial charge in [0.1, 0.15) is 0 Å².